The summed E-state index contributed by atoms with van der Waals surface area (Å²) in [4.78, 5) is 46.7. The van der Waals surface area contributed by atoms with Crippen LogP contribution in [-0.2, 0) is 16.1 Å². The molecule has 10 nitrogen and oxygen atoms in total. The normalized spacial score (nSPS) is 9.78. The van der Waals surface area contributed by atoms with Crippen LogP contribution in [0.4, 0.5) is 5.69 Å². The highest BCUT2D eigenvalue weighted by Crippen LogP contribution is 2.09. The monoisotopic (exact) mass is 322 g/mol. The second-order valence-corrected chi connectivity index (χ2v) is 4.52. The SMILES string of the molecule is COC(=O)c1cc([N+](=O)[O-])c(=O)n(CC(=O)N(C)CCC#N)c1. The van der Waals surface area contributed by atoms with E-state index in [1.165, 1.54) is 11.9 Å². The lowest BCUT2D eigenvalue weighted by molar-refractivity contribution is -0.386. The van der Waals surface area contributed by atoms with Gasteiger partial charge in [-0.25, -0.2) is 4.79 Å². The lowest BCUT2D eigenvalue weighted by Gasteiger charge is -2.16. The van der Waals surface area contributed by atoms with E-state index in [9.17, 15) is 24.5 Å². The van der Waals surface area contributed by atoms with E-state index in [0.717, 1.165) is 23.9 Å². The van der Waals surface area contributed by atoms with Crippen molar-refractivity contribution in [3.05, 3.63) is 38.3 Å². The average Bonchev–Trinajstić information content (AvgIpc) is 2.53. The van der Waals surface area contributed by atoms with E-state index < -0.39 is 34.6 Å². The van der Waals surface area contributed by atoms with Gasteiger partial charge >= 0.3 is 17.2 Å². The van der Waals surface area contributed by atoms with Gasteiger partial charge in [-0.2, -0.15) is 5.26 Å². The number of hydrogen-bond donors (Lipinski definition) is 0. The summed E-state index contributed by atoms with van der Waals surface area (Å²) in [7, 11) is 2.52. The maximum Gasteiger partial charge on any atom is 0.339 e. The van der Waals surface area contributed by atoms with Gasteiger partial charge < -0.3 is 9.64 Å². The Morgan fingerprint density at radius 2 is 2.17 bits per heavy atom. The van der Waals surface area contributed by atoms with Crippen LogP contribution in [0.1, 0.15) is 16.8 Å². The predicted octanol–water partition coefficient (Wildman–Crippen LogP) is -0.0848. The third kappa shape index (κ3) is 4.37. The number of nitro groups is 1. The third-order valence-electron chi connectivity index (χ3n) is 2.98. The summed E-state index contributed by atoms with van der Waals surface area (Å²) in [6.45, 7) is -0.338. The number of esters is 1. The standard InChI is InChI=1S/C13H14N4O6/c1-15(5-3-4-14)11(18)8-16-7-9(13(20)23-2)6-10(12(16)19)17(21)22/h6-7H,3,5,8H2,1-2H3. The molecule has 0 radical (unpaired) electrons. The molecule has 0 saturated heterocycles. The number of amides is 1. The minimum atomic E-state index is -1.01. The summed E-state index contributed by atoms with van der Waals surface area (Å²) in [5.41, 5.74) is -2.06. The number of aromatic nitrogens is 1. The van der Waals surface area contributed by atoms with Crippen molar-refractivity contribution >= 4 is 17.6 Å². The molecule has 0 fully saturated rings. The molecule has 1 aromatic heterocycles. The molecule has 0 aliphatic carbocycles. The van der Waals surface area contributed by atoms with Gasteiger partial charge in [-0.3, -0.25) is 24.3 Å². The number of likely N-dealkylation sites (N-methyl/N-ethyl adjacent to an activating group) is 1. The van der Waals surface area contributed by atoms with Gasteiger partial charge in [0.25, 0.3) is 0 Å². The van der Waals surface area contributed by atoms with Crippen molar-refractivity contribution in [2.24, 2.45) is 0 Å². The minimum absolute atomic E-state index is 0.111. The van der Waals surface area contributed by atoms with Gasteiger partial charge in [-0.1, -0.05) is 0 Å². The molecule has 0 N–H and O–H groups in total. The quantitative estimate of drug-likeness (QED) is 0.405. The lowest BCUT2D eigenvalue weighted by atomic mass is 10.2. The number of hydrogen-bond acceptors (Lipinski definition) is 7. The van der Waals surface area contributed by atoms with Gasteiger partial charge in [0, 0.05) is 25.9 Å². The molecule has 122 valence electrons. The zero-order valence-corrected chi connectivity index (χ0v) is 12.5. The fourth-order valence-electron chi connectivity index (χ4n) is 1.71. The summed E-state index contributed by atoms with van der Waals surface area (Å²) >= 11 is 0. The number of methoxy groups -OCH3 is 1. The first-order chi connectivity index (χ1) is 10.8. The fourth-order valence-corrected chi connectivity index (χ4v) is 1.71. The number of ether oxygens (including phenoxy) is 1. The first kappa shape index (κ1) is 17.8. The highest BCUT2D eigenvalue weighted by molar-refractivity contribution is 5.89. The molecule has 0 saturated carbocycles. The van der Waals surface area contributed by atoms with Crippen molar-refractivity contribution in [2.45, 2.75) is 13.0 Å². The first-order valence-corrected chi connectivity index (χ1v) is 6.40. The molecule has 1 aromatic rings. The van der Waals surface area contributed by atoms with Crippen LogP contribution in [0.15, 0.2) is 17.1 Å². The van der Waals surface area contributed by atoms with Crippen molar-refractivity contribution in [1.82, 2.24) is 9.47 Å². The maximum absolute atomic E-state index is 12.0. The lowest BCUT2D eigenvalue weighted by Crippen LogP contribution is -2.35. The summed E-state index contributed by atoms with van der Waals surface area (Å²) in [6.07, 6.45) is 1.14. The molecule has 1 amide bonds. The van der Waals surface area contributed by atoms with Crippen LogP contribution in [-0.4, -0.2) is 47.0 Å². The average molecular weight is 322 g/mol. The number of carbonyl (C=O) groups is 2. The second-order valence-electron chi connectivity index (χ2n) is 4.52. The van der Waals surface area contributed by atoms with Gasteiger partial charge in [0.2, 0.25) is 5.91 Å². The molecule has 0 spiro atoms. The number of pyridine rings is 1. The Morgan fingerprint density at radius 3 is 2.70 bits per heavy atom. The Kier molecular flexibility index (Phi) is 5.96. The van der Waals surface area contributed by atoms with E-state index in [1.54, 1.807) is 0 Å². The molecule has 0 unspecified atom stereocenters. The molecule has 1 heterocycles. The highest BCUT2D eigenvalue weighted by Gasteiger charge is 2.22. The zero-order chi connectivity index (χ0) is 17.6. The molecule has 0 bridgehead atoms. The van der Waals surface area contributed by atoms with Gasteiger partial charge in [-0.05, 0) is 0 Å². The molecule has 0 aromatic carbocycles. The van der Waals surface area contributed by atoms with E-state index in [4.69, 9.17) is 5.26 Å². The first-order valence-electron chi connectivity index (χ1n) is 6.40. The fraction of sp³-hybridized carbons (Fsp3) is 0.385. The Labute approximate surface area is 130 Å². The van der Waals surface area contributed by atoms with Gasteiger partial charge in [0.05, 0.1) is 30.1 Å². The molecule has 1 rings (SSSR count). The molecule has 10 heteroatoms. The molecule has 0 aliphatic rings. The molecule has 0 atom stereocenters. The maximum atomic E-state index is 12.0. The smallest absolute Gasteiger partial charge is 0.339 e. The number of carbonyl (C=O) groups excluding carboxylic acids is 2. The van der Waals surface area contributed by atoms with Crippen molar-refractivity contribution < 1.29 is 19.2 Å². The van der Waals surface area contributed by atoms with Crippen LogP contribution in [0.2, 0.25) is 0 Å². The number of rotatable bonds is 6. The van der Waals surface area contributed by atoms with Crippen LogP contribution in [0, 0.1) is 21.4 Å². The molecular formula is C13H14N4O6. The topological polar surface area (TPSA) is 136 Å². The number of nitrogens with zero attached hydrogens (tertiary/aromatic N) is 4. The molecule has 0 aliphatic heterocycles. The highest BCUT2D eigenvalue weighted by atomic mass is 16.6. The van der Waals surface area contributed by atoms with E-state index in [-0.39, 0.29) is 18.5 Å². The van der Waals surface area contributed by atoms with Crippen molar-refractivity contribution in [3.63, 3.8) is 0 Å². The van der Waals surface area contributed by atoms with E-state index >= 15 is 0 Å². The van der Waals surface area contributed by atoms with E-state index in [1.807, 2.05) is 6.07 Å². The van der Waals surface area contributed by atoms with Crippen LogP contribution >= 0.6 is 0 Å². The Hall–Kier alpha value is -3.22. The van der Waals surface area contributed by atoms with Crippen molar-refractivity contribution in [3.8, 4) is 6.07 Å². The van der Waals surface area contributed by atoms with E-state index in [0.29, 0.717) is 0 Å². The third-order valence-corrected chi connectivity index (χ3v) is 2.98. The van der Waals surface area contributed by atoms with Crippen LogP contribution in [0.25, 0.3) is 0 Å². The molecule has 23 heavy (non-hydrogen) atoms. The van der Waals surface area contributed by atoms with Gasteiger partial charge in [0.15, 0.2) is 0 Å². The van der Waals surface area contributed by atoms with Gasteiger partial charge in [-0.15, -0.1) is 0 Å². The number of nitriles is 1. The van der Waals surface area contributed by atoms with Gasteiger partial charge in [0.1, 0.15) is 6.54 Å². The minimum Gasteiger partial charge on any atom is -0.465 e. The van der Waals surface area contributed by atoms with E-state index in [2.05, 4.69) is 4.74 Å². The second kappa shape index (κ2) is 7.69. The Morgan fingerprint density at radius 1 is 1.52 bits per heavy atom. The largest absolute Gasteiger partial charge is 0.465 e. The summed E-state index contributed by atoms with van der Waals surface area (Å²) in [5, 5.41) is 19.4. The summed E-state index contributed by atoms with van der Waals surface area (Å²) < 4.78 is 5.24. The molecular weight excluding hydrogens is 308 g/mol. The Balaban J connectivity index is 3.20. The Bertz CT molecular complexity index is 733. The summed E-state index contributed by atoms with van der Waals surface area (Å²) in [6, 6.07) is 2.67. The van der Waals surface area contributed by atoms with Crippen LogP contribution in [0.3, 0.4) is 0 Å². The zero-order valence-electron chi connectivity index (χ0n) is 12.5. The van der Waals surface area contributed by atoms with Crippen LogP contribution in [0.5, 0.6) is 0 Å². The predicted molar refractivity (Wildman–Crippen MR) is 76.6 cm³/mol. The summed E-state index contributed by atoms with van der Waals surface area (Å²) in [5.74, 6) is -1.40. The van der Waals surface area contributed by atoms with Crippen LogP contribution < -0.4 is 5.56 Å². The van der Waals surface area contributed by atoms with Crippen molar-refractivity contribution in [1.29, 1.82) is 5.26 Å². The van der Waals surface area contributed by atoms with Crippen molar-refractivity contribution in [2.75, 3.05) is 20.7 Å².